The minimum absolute atomic E-state index is 0.111. The molecule has 2 aromatic carbocycles. The minimum Gasteiger partial charge on any atom is -0.457 e. The highest BCUT2D eigenvalue weighted by Gasteiger charge is 2.35. The van der Waals surface area contributed by atoms with Gasteiger partial charge in [0.2, 0.25) is 0 Å². The molecule has 0 saturated carbocycles. The number of furan rings is 1. The average molecular weight is 478 g/mol. The van der Waals surface area contributed by atoms with E-state index in [1.54, 1.807) is 42.5 Å². The smallest absolute Gasteiger partial charge is 0.333 e. The van der Waals surface area contributed by atoms with Gasteiger partial charge in [0.25, 0.3) is 5.91 Å². The summed E-state index contributed by atoms with van der Waals surface area (Å²) in [5.74, 6) is 0.521. The summed E-state index contributed by atoms with van der Waals surface area (Å²) in [6.07, 6.45) is 1.48. The lowest BCUT2D eigenvalue weighted by Gasteiger charge is -2.11. The van der Waals surface area contributed by atoms with E-state index in [1.807, 2.05) is 12.1 Å². The van der Waals surface area contributed by atoms with Crippen LogP contribution in [0.5, 0.6) is 0 Å². The molecule has 1 fully saturated rings. The van der Waals surface area contributed by atoms with Crippen molar-refractivity contribution < 1.29 is 14.0 Å². The molecule has 0 atom stereocenters. The quantitative estimate of drug-likeness (QED) is 0.365. The van der Waals surface area contributed by atoms with Crippen LogP contribution in [0.2, 0.25) is 10.0 Å². The molecule has 0 spiro atoms. The van der Waals surface area contributed by atoms with Gasteiger partial charge in [-0.25, -0.2) is 9.69 Å². The highest BCUT2D eigenvalue weighted by atomic mass is 79.9. The Kier molecular flexibility index (Phi) is 5.02. The molecule has 1 aliphatic rings. The van der Waals surface area contributed by atoms with Crippen LogP contribution in [-0.4, -0.2) is 11.9 Å². The van der Waals surface area contributed by atoms with Gasteiger partial charge in [-0.1, -0.05) is 35.3 Å². The molecule has 28 heavy (non-hydrogen) atoms. The molecule has 0 unspecified atom stereocenters. The van der Waals surface area contributed by atoms with Crippen LogP contribution in [0.15, 0.2) is 69.2 Å². The molecule has 1 aromatic heterocycles. The van der Waals surface area contributed by atoms with Crippen molar-refractivity contribution in [2.24, 2.45) is 0 Å². The standard InChI is InChI=1S/C20H11BrCl2N2O3/c21-15-6-4-11(8-16(15)23)18-7-5-14(28-18)10-17-19(26)25(20(27)24-17)13-3-1-2-12(22)9-13/h1-10H,(H,24,27)/b17-10+. The Morgan fingerprint density at radius 2 is 1.86 bits per heavy atom. The second-order valence-corrected chi connectivity index (χ2v) is 7.64. The monoisotopic (exact) mass is 476 g/mol. The summed E-state index contributed by atoms with van der Waals surface area (Å²) in [5.41, 5.74) is 1.29. The van der Waals surface area contributed by atoms with Crippen molar-refractivity contribution in [1.82, 2.24) is 5.32 Å². The maximum absolute atomic E-state index is 12.7. The molecule has 1 N–H and O–H groups in total. The zero-order chi connectivity index (χ0) is 19.8. The number of amides is 3. The van der Waals surface area contributed by atoms with E-state index in [2.05, 4.69) is 21.2 Å². The van der Waals surface area contributed by atoms with Crippen molar-refractivity contribution >= 4 is 62.8 Å². The first-order valence-electron chi connectivity index (χ1n) is 8.10. The molecule has 8 heteroatoms. The molecule has 3 aromatic rings. The molecule has 140 valence electrons. The van der Waals surface area contributed by atoms with Crippen molar-refractivity contribution in [2.75, 3.05) is 4.90 Å². The fourth-order valence-electron chi connectivity index (χ4n) is 2.76. The lowest BCUT2D eigenvalue weighted by atomic mass is 10.2. The summed E-state index contributed by atoms with van der Waals surface area (Å²) >= 11 is 15.4. The normalized spacial score (nSPS) is 15.4. The third-order valence-corrected chi connectivity index (χ3v) is 5.53. The molecular weight excluding hydrogens is 467 g/mol. The summed E-state index contributed by atoms with van der Waals surface area (Å²) in [7, 11) is 0. The topological polar surface area (TPSA) is 62.6 Å². The van der Waals surface area contributed by atoms with E-state index in [1.165, 1.54) is 6.08 Å². The Labute approximate surface area is 178 Å². The summed E-state index contributed by atoms with van der Waals surface area (Å²) < 4.78 is 6.56. The first kappa shape index (κ1) is 18.8. The number of nitrogens with zero attached hydrogens (tertiary/aromatic N) is 1. The summed E-state index contributed by atoms with van der Waals surface area (Å²) in [4.78, 5) is 25.9. The SMILES string of the molecule is O=C1N/C(=C/c2ccc(-c3ccc(Br)c(Cl)c3)o2)C(=O)N1c1cccc(Cl)c1. The zero-order valence-electron chi connectivity index (χ0n) is 14.1. The van der Waals surface area contributed by atoms with Gasteiger partial charge in [0.15, 0.2) is 0 Å². The number of benzene rings is 2. The number of halogens is 3. The minimum atomic E-state index is -0.551. The number of hydrogen-bond donors (Lipinski definition) is 1. The lowest BCUT2D eigenvalue weighted by Crippen LogP contribution is -2.30. The second-order valence-electron chi connectivity index (χ2n) is 5.94. The number of carbonyl (C=O) groups is 2. The van der Waals surface area contributed by atoms with Gasteiger partial charge in [0, 0.05) is 21.1 Å². The van der Waals surface area contributed by atoms with E-state index in [4.69, 9.17) is 27.6 Å². The average Bonchev–Trinajstić information content (AvgIpc) is 3.22. The Bertz CT molecular complexity index is 1140. The Balaban J connectivity index is 1.61. The number of imide groups is 1. The first-order valence-corrected chi connectivity index (χ1v) is 9.65. The van der Waals surface area contributed by atoms with E-state index < -0.39 is 11.9 Å². The van der Waals surface area contributed by atoms with Gasteiger partial charge in [0.1, 0.15) is 17.2 Å². The van der Waals surface area contributed by atoms with Crippen LogP contribution in [0.3, 0.4) is 0 Å². The Morgan fingerprint density at radius 1 is 1.04 bits per heavy atom. The van der Waals surface area contributed by atoms with Crippen LogP contribution in [0.25, 0.3) is 17.4 Å². The van der Waals surface area contributed by atoms with Crippen LogP contribution in [0.1, 0.15) is 5.76 Å². The van der Waals surface area contributed by atoms with Crippen LogP contribution in [-0.2, 0) is 4.79 Å². The summed E-state index contributed by atoms with van der Waals surface area (Å²) in [6, 6.07) is 14.9. The van der Waals surface area contributed by atoms with Crippen LogP contribution in [0, 0.1) is 0 Å². The van der Waals surface area contributed by atoms with E-state index in [0.29, 0.717) is 27.3 Å². The number of nitrogens with one attached hydrogen (secondary N) is 1. The summed E-state index contributed by atoms with van der Waals surface area (Å²) in [6.45, 7) is 0. The molecular formula is C20H11BrCl2N2O3. The van der Waals surface area contributed by atoms with Gasteiger partial charge in [-0.15, -0.1) is 0 Å². The van der Waals surface area contributed by atoms with Crippen molar-refractivity contribution in [1.29, 1.82) is 0 Å². The Morgan fingerprint density at radius 3 is 2.61 bits per heavy atom. The first-order chi connectivity index (χ1) is 13.4. The van der Waals surface area contributed by atoms with Gasteiger partial charge in [-0.3, -0.25) is 4.79 Å². The maximum atomic E-state index is 12.7. The number of hydrogen-bond acceptors (Lipinski definition) is 3. The van der Waals surface area contributed by atoms with Gasteiger partial charge < -0.3 is 9.73 Å². The van der Waals surface area contributed by atoms with Gasteiger partial charge in [-0.05, 0) is 58.4 Å². The van der Waals surface area contributed by atoms with Crippen LogP contribution in [0.4, 0.5) is 10.5 Å². The van der Waals surface area contributed by atoms with Gasteiger partial charge >= 0.3 is 6.03 Å². The van der Waals surface area contributed by atoms with Crippen LogP contribution >= 0.6 is 39.1 Å². The van der Waals surface area contributed by atoms with E-state index >= 15 is 0 Å². The number of rotatable bonds is 3. The van der Waals surface area contributed by atoms with Crippen molar-refractivity contribution in [2.45, 2.75) is 0 Å². The Hall–Kier alpha value is -2.54. The molecule has 0 bridgehead atoms. The summed E-state index contributed by atoms with van der Waals surface area (Å²) in [5, 5.41) is 3.54. The fraction of sp³-hybridized carbons (Fsp3) is 0. The lowest BCUT2D eigenvalue weighted by molar-refractivity contribution is -0.113. The van der Waals surface area contributed by atoms with E-state index in [9.17, 15) is 9.59 Å². The number of urea groups is 1. The third kappa shape index (κ3) is 3.58. The van der Waals surface area contributed by atoms with Crippen molar-refractivity contribution in [3.8, 4) is 11.3 Å². The number of carbonyl (C=O) groups excluding carboxylic acids is 2. The predicted molar refractivity (Wildman–Crippen MR) is 112 cm³/mol. The van der Waals surface area contributed by atoms with Crippen molar-refractivity contribution in [3.63, 3.8) is 0 Å². The highest BCUT2D eigenvalue weighted by molar-refractivity contribution is 9.10. The van der Waals surface area contributed by atoms with E-state index in [0.717, 1.165) is 14.9 Å². The molecule has 1 aliphatic heterocycles. The second kappa shape index (κ2) is 7.47. The van der Waals surface area contributed by atoms with E-state index in [-0.39, 0.29) is 5.70 Å². The maximum Gasteiger partial charge on any atom is 0.333 e. The molecule has 0 radical (unpaired) electrons. The van der Waals surface area contributed by atoms with Gasteiger partial charge in [0.05, 0.1) is 10.7 Å². The molecule has 4 rings (SSSR count). The zero-order valence-corrected chi connectivity index (χ0v) is 17.2. The molecule has 2 heterocycles. The molecule has 5 nitrogen and oxygen atoms in total. The van der Waals surface area contributed by atoms with Crippen LogP contribution < -0.4 is 10.2 Å². The fourth-order valence-corrected chi connectivity index (χ4v) is 3.37. The predicted octanol–water partition coefficient (Wildman–Crippen LogP) is 6.11. The number of anilines is 1. The highest BCUT2D eigenvalue weighted by Crippen LogP contribution is 2.31. The third-order valence-electron chi connectivity index (χ3n) is 4.06. The molecule has 3 amide bonds. The molecule has 1 saturated heterocycles. The van der Waals surface area contributed by atoms with Crippen molar-refractivity contribution in [3.05, 3.63) is 80.6 Å². The largest absolute Gasteiger partial charge is 0.457 e. The van der Waals surface area contributed by atoms with Gasteiger partial charge in [-0.2, -0.15) is 0 Å². The molecule has 0 aliphatic carbocycles.